The van der Waals surface area contributed by atoms with Crippen molar-refractivity contribution in [3.05, 3.63) is 71.4 Å². The molecule has 0 fully saturated rings. The summed E-state index contributed by atoms with van der Waals surface area (Å²) in [6.45, 7) is 6.60. The molecule has 1 aromatic heterocycles. The van der Waals surface area contributed by atoms with Gasteiger partial charge in [0.15, 0.2) is 0 Å². The molecular formula is C21H20N2. The Morgan fingerprint density at radius 2 is 1.74 bits per heavy atom. The zero-order valence-corrected chi connectivity index (χ0v) is 13.7. The van der Waals surface area contributed by atoms with Gasteiger partial charge in [0.25, 0.3) is 0 Å². The lowest BCUT2D eigenvalue weighted by Gasteiger charge is -2.18. The van der Waals surface area contributed by atoms with Crippen LogP contribution in [0.1, 0.15) is 37.5 Å². The molecule has 2 aromatic carbocycles. The van der Waals surface area contributed by atoms with E-state index in [9.17, 15) is 5.26 Å². The molecule has 0 amide bonds. The zero-order valence-electron chi connectivity index (χ0n) is 13.7. The highest BCUT2D eigenvalue weighted by Gasteiger charge is 2.13. The summed E-state index contributed by atoms with van der Waals surface area (Å²) in [7, 11) is 0. The van der Waals surface area contributed by atoms with E-state index >= 15 is 0 Å². The minimum Gasteiger partial charge on any atom is -0.361 e. The number of H-pyrrole nitrogens is 1. The van der Waals surface area contributed by atoms with E-state index in [0.717, 1.165) is 22.0 Å². The van der Waals surface area contributed by atoms with Crippen LogP contribution < -0.4 is 0 Å². The highest BCUT2D eigenvalue weighted by atomic mass is 14.7. The average molecular weight is 300 g/mol. The van der Waals surface area contributed by atoms with Crippen LogP contribution >= 0.6 is 0 Å². The van der Waals surface area contributed by atoms with E-state index < -0.39 is 0 Å². The quantitative estimate of drug-likeness (QED) is 0.621. The van der Waals surface area contributed by atoms with E-state index in [-0.39, 0.29) is 5.41 Å². The SMILES string of the molecule is CC(C)(C)c1ccc(/C=C(\C#N)c2c[nH]c3ccccc23)cc1. The summed E-state index contributed by atoms with van der Waals surface area (Å²) in [4.78, 5) is 3.23. The number of nitriles is 1. The number of rotatable bonds is 2. The van der Waals surface area contributed by atoms with Crippen molar-refractivity contribution in [3.8, 4) is 6.07 Å². The van der Waals surface area contributed by atoms with Crippen LogP contribution in [0.2, 0.25) is 0 Å². The molecule has 0 radical (unpaired) electrons. The van der Waals surface area contributed by atoms with Crippen LogP contribution in [-0.2, 0) is 5.41 Å². The van der Waals surface area contributed by atoms with Crippen molar-refractivity contribution >= 4 is 22.6 Å². The molecule has 0 spiro atoms. The van der Waals surface area contributed by atoms with Gasteiger partial charge < -0.3 is 4.98 Å². The van der Waals surface area contributed by atoms with Crippen molar-refractivity contribution in [1.82, 2.24) is 4.98 Å². The first-order valence-corrected chi connectivity index (χ1v) is 7.78. The summed E-state index contributed by atoms with van der Waals surface area (Å²) in [5.41, 5.74) is 5.14. The number of nitrogens with zero attached hydrogens (tertiary/aromatic N) is 1. The molecule has 23 heavy (non-hydrogen) atoms. The maximum absolute atomic E-state index is 9.57. The van der Waals surface area contributed by atoms with E-state index in [1.54, 1.807) is 0 Å². The molecule has 0 aliphatic carbocycles. The second-order valence-electron chi connectivity index (χ2n) is 6.79. The van der Waals surface area contributed by atoms with E-state index in [1.807, 2.05) is 36.5 Å². The summed E-state index contributed by atoms with van der Waals surface area (Å²) in [5, 5.41) is 10.6. The Kier molecular flexibility index (Phi) is 3.80. The molecule has 0 aliphatic rings. The Bertz CT molecular complexity index is 897. The molecule has 0 atom stereocenters. The van der Waals surface area contributed by atoms with E-state index in [4.69, 9.17) is 0 Å². The van der Waals surface area contributed by atoms with Crippen molar-refractivity contribution in [2.45, 2.75) is 26.2 Å². The summed E-state index contributed by atoms with van der Waals surface area (Å²) in [6.07, 6.45) is 3.85. The van der Waals surface area contributed by atoms with Crippen molar-refractivity contribution < 1.29 is 0 Å². The van der Waals surface area contributed by atoms with Crippen molar-refractivity contribution in [3.63, 3.8) is 0 Å². The standard InChI is InChI=1S/C21H20N2/c1-21(2,3)17-10-8-15(9-11-17)12-16(13-22)19-14-23-20-7-5-4-6-18(19)20/h4-12,14,23H,1-3H3/b16-12+. The Morgan fingerprint density at radius 3 is 2.39 bits per heavy atom. The number of aromatic nitrogens is 1. The fourth-order valence-corrected chi connectivity index (χ4v) is 2.71. The van der Waals surface area contributed by atoms with Gasteiger partial charge in [-0.1, -0.05) is 63.2 Å². The minimum absolute atomic E-state index is 0.136. The number of hydrogen-bond acceptors (Lipinski definition) is 1. The van der Waals surface area contributed by atoms with Crippen LogP contribution in [0, 0.1) is 11.3 Å². The molecular weight excluding hydrogens is 280 g/mol. The lowest BCUT2D eigenvalue weighted by atomic mass is 9.86. The maximum Gasteiger partial charge on any atom is 0.0998 e. The van der Waals surface area contributed by atoms with Crippen LogP contribution in [0.5, 0.6) is 0 Å². The van der Waals surface area contributed by atoms with E-state index in [2.05, 4.69) is 56.1 Å². The van der Waals surface area contributed by atoms with Crippen molar-refractivity contribution in [1.29, 1.82) is 5.26 Å². The van der Waals surface area contributed by atoms with Gasteiger partial charge in [-0.05, 0) is 28.7 Å². The lowest BCUT2D eigenvalue weighted by molar-refractivity contribution is 0.590. The number of benzene rings is 2. The van der Waals surface area contributed by atoms with E-state index in [0.29, 0.717) is 5.57 Å². The lowest BCUT2D eigenvalue weighted by Crippen LogP contribution is -2.10. The molecule has 3 rings (SSSR count). The number of allylic oxidation sites excluding steroid dienone is 1. The Balaban J connectivity index is 2.01. The number of aromatic amines is 1. The molecule has 0 saturated carbocycles. The topological polar surface area (TPSA) is 39.6 Å². The van der Waals surface area contributed by atoms with Gasteiger partial charge in [0, 0.05) is 22.7 Å². The molecule has 1 heterocycles. The van der Waals surface area contributed by atoms with Gasteiger partial charge in [-0.2, -0.15) is 5.26 Å². The fraction of sp³-hybridized carbons (Fsp3) is 0.190. The van der Waals surface area contributed by atoms with E-state index in [1.165, 1.54) is 5.56 Å². The summed E-state index contributed by atoms with van der Waals surface area (Å²) < 4.78 is 0. The first-order chi connectivity index (χ1) is 11.0. The number of para-hydroxylation sites is 1. The Hall–Kier alpha value is -2.79. The second-order valence-corrected chi connectivity index (χ2v) is 6.79. The van der Waals surface area contributed by atoms with Crippen molar-refractivity contribution in [2.24, 2.45) is 0 Å². The summed E-state index contributed by atoms with van der Waals surface area (Å²) in [6, 6.07) is 18.8. The normalized spacial score (nSPS) is 12.3. The maximum atomic E-state index is 9.57. The molecule has 0 saturated heterocycles. The summed E-state index contributed by atoms with van der Waals surface area (Å²) >= 11 is 0. The predicted molar refractivity (Wildman–Crippen MR) is 96.9 cm³/mol. The van der Waals surface area contributed by atoms with Gasteiger partial charge in [-0.25, -0.2) is 0 Å². The number of hydrogen-bond donors (Lipinski definition) is 1. The van der Waals surface area contributed by atoms with Crippen LogP contribution in [-0.4, -0.2) is 4.98 Å². The highest BCUT2D eigenvalue weighted by molar-refractivity contribution is 6.01. The molecule has 1 N–H and O–H groups in total. The second kappa shape index (κ2) is 5.78. The van der Waals surface area contributed by atoms with Crippen LogP contribution in [0.3, 0.4) is 0 Å². The highest BCUT2D eigenvalue weighted by Crippen LogP contribution is 2.27. The minimum atomic E-state index is 0.136. The van der Waals surface area contributed by atoms with Crippen molar-refractivity contribution in [2.75, 3.05) is 0 Å². The van der Waals surface area contributed by atoms with Gasteiger partial charge >= 0.3 is 0 Å². The monoisotopic (exact) mass is 300 g/mol. The number of nitrogens with one attached hydrogen (secondary N) is 1. The van der Waals surface area contributed by atoms with Gasteiger partial charge in [0.05, 0.1) is 11.6 Å². The first kappa shape index (κ1) is 15.1. The molecule has 0 bridgehead atoms. The Morgan fingerprint density at radius 1 is 1.04 bits per heavy atom. The van der Waals surface area contributed by atoms with Crippen LogP contribution in [0.15, 0.2) is 54.7 Å². The van der Waals surface area contributed by atoms with Crippen LogP contribution in [0.4, 0.5) is 0 Å². The van der Waals surface area contributed by atoms with Gasteiger partial charge in [-0.3, -0.25) is 0 Å². The Labute approximate surface area is 137 Å². The van der Waals surface area contributed by atoms with Crippen LogP contribution in [0.25, 0.3) is 22.6 Å². The third-order valence-corrected chi connectivity index (χ3v) is 4.09. The molecule has 2 heteroatoms. The first-order valence-electron chi connectivity index (χ1n) is 7.78. The average Bonchev–Trinajstić information content (AvgIpc) is 2.96. The molecule has 114 valence electrons. The molecule has 0 aliphatic heterocycles. The third kappa shape index (κ3) is 3.05. The summed E-state index contributed by atoms with van der Waals surface area (Å²) in [5.74, 6) is 0. The van der Waals surface area contributed by atoms with Gasteiger partial charge in [-0.15, -0.1) is 0 Å². The largest absolute Gasteiger partial charge is 0.361 e. The fourth-order valence-electron chi connectivity index (χ4n) is 2.71. The zero-order chi connectivity index (χ0) is 16.4. The smallest absolute Gasteiger partial charge is 0.0998 e. The predicted octanol–water partition coefficient (Wildman–Crippen LogP) is 5.53. The third-order valence-electron chi connectivity index (χ3n) is 4.09. The van der Waals surface area contributed by atoms with Gasteiger partial charge in [0.2, 0.25) is 0 Å². The molecule has 3 aromatic rings. The molecule has 0 unspecified atom stereocenters. The van der Waals surface area contributed by atoms with Gasteiger partial charge in [0.1, 0.15) is 0 Å². The number of fused-ring (bicyclic) bond motifs is 1. The molecule has 2 nitrogen and oxygen atoms in total.